The molecule has 2 aliphatic heterocycles. The quantitative estimate of drug-likeness (QED) is 0.513. The summed E-state index contributed by atoms with van der Waals surface area (Å²) >= 11 is 0. The summed E-state index contributed by atoms with van der Waals surface area (Å²) in [7, 11) is 0. The Morgan fingerprint density at radius 3 is 2.78 bits per heavy atom. The molecule has 1 unspecified atom stereocenters. The molecule has 50 valence electrons. The zero-order valence-corrected chi connectivity index (χ0v) is 5.59. The number of rotatable bonds is 0. The van der Waals surface area contributed by atoms with Crippen LogP contribution in [0.3, 0.4) is 0 Å². The lowest BCUT2D eigenvalue weighted by atomic mass is 9.97. The molecule has 0 aromatic rings. The minimum Gasteiger partial charge on any atom is -0.314 e. The highest BCUT2D eigenvalue weighted by atomic mass is 15.4. The summed E-state index contributed by atoms with van der Waals surface area (Å²) in [6.07, 6.45) is 2.21. The lowest BCUT2D eigenvalue weighted by Gasteiger charge is -2.23. The largest absolute Gasteiger partial charge is 0.314 e. The van der Waals surface area contributed by atoms with Crippen LogP contribution in [0.25, 0.3) is 0 Å². The third kappa shape index (κ3) is 0.852. The van der Waals surface area contributed by atoms with Crippen molar-refractivity contribution in [1.82, 2.24) is 5.32 Å². The second-order valence-corrected chi connectivity index (χ2v) is 2.99. The zero-order valence-electron chi connectivity index (χ0n) is 5.59. The van der Waals surface area contributed by atoms with E-state index < -0.39 is 0 Å². The third-order valence-corrected chi connectivity index (χ3v) is 2.03. The second kappa shape index (κ2) is 1.53. The minimum atomic E-state index is 0.0880. The van der Waals surface area contributed by atoms with Crippen molar-refractivity contribution in [2.45, 2.75) is 31.5 Å². The smallest absolute Gasteiger partial charge is 0.193 e. The van der Waals surface area contributed by atoms with E-state index in [2.05, 4.69) is 22.5 Å². The van der Waals surface area contributed by atoms with Gasteiger partial charge in [0.1, 0.15) is 0 Å². The standard InChI is InChI=1S/C6H11N3/c1-5-4-6(8-9-6)2-3-7-5/h5,7H,2-4H2,1H3. The lowest BCUT2D eigenvalue weighted by molar-refractivity contribution is 0.345. The monoisotopic (exact) mass is 125 g/mol. The molecule has 3 nitrogen and oxygen atoms in total. The first-order valence-corrected chi connectivity index (χ1v) is 3.48. The van der Waals surface area contributed by atoms with E-state index in [4.69, 9.17) is 0 Å². The van der Waals surface area contributed by atoms with Crippen LogP contribution in [0.2, 0.25) is 0 Å². The highest BCUT2D eigenvalue weighted by Gasteiger charge is 2.42. The zero-order chi connectivity index (χ0) is 6.32. The molecule has 1 N–H and O–H groups in total. The fourth-order valence-electron chi connectivity index (χ4n) is 1.44. The summed E-state index contributed by atoms with van der Waals surface area (Å²) in [5, 5.41) is 11.4. The van der Waals surface area contributed by atoms with Gasteiger partial charge in [-0.3, -0.25) is 0 Å². The molecule has 0 aromatic heterocycles. The summed E-state index contributed by atoms with van der Waals surface area (Å²) < 4.78 is 0. The van der Waals surface area contributed by atoms with Crippen molar-refractivity contribution in [2.75, 3.05) is 6.54 Å². The summed E-state index contributed by atoms with van der Waals surface area (Å²) in [5.74, 6) is 0. The van der Waals surface area contributed by atoms with Crippen LogP contribution >= 0.6 is 0 Å². The Bertz CT molecular complexity index is 146. The predicted octanol–water partition coefficient (Wildman–Crippen LogP) is 0.920. The third-order valence-electron chi connectivity index (χ3n) is 2.03. The van der Waals surface area contributed by atoms with Crippen LogP contribution < -0.4 is 5.32 Å². The van der Waals surface area contributed by atoms with Gasteiger partial charge in [-0.05, 0) is 13.5 Å². The van der Waals surface area contributed by atoms with Crippen LogP contribution in [-0.2, 0) is 0 Å². The molecule has 0 aromatic carbocycles. The van der Waals surface area contributed by atoms with Gasteiger partial charge in [-0.2, -0.15) is 10.2 Å². The fourth-order valence-corrected chi connectivity index (χ4v) is 1.44. The van der Waals surface area contributed by atoms with Gasteiger partial charge in [0, 0.05) is 18.9 Å². The molecule has 1 spiro atoms. The van der Waals surface area contributed by atoms with Gasteiger partial charge in [0.15, 0.2) is 5.66 Å². The van der Waals surface area contributed by atoms with E-state index in [1.54, 1.807) is 0 Å². The fraction of sp³-hybridized carbons (Fsp3) is 1.00. The Kier molecular flexibility index (Phi) is 0.913. The second-order valence-electron chi connectivity index (χ2n) is 2.99. The van der Waals surface area contributed by atoms with Gasteiger partial charge in [-0.15, -0.1) is 0 Å². The SMILES string of the molecule is CC1CC2(CCN1)N=N2. The van der Waals surface area contributed by atoms with Crippen LogP contribution in [0.5, 0.6) is 0 Å². The van der Waals surface area contributed by atoms with Crippen molar-refractivity contribution in [1.29, 1.82) is 0 Å². The average molecular weight is 125 g/mol. The number of nitrogens with one attached hydrogen (secondary N) is 1. The van der Waals surface area contributed by atoms with Crippen molar-refractivity contribution in [3.05, 3.63) is 0 Å². The predicted molar refractivity (Wildman–Crippen MR) is 34.3 cm³/mol. The molecule has 3 heteroatoms. The molecule has 9 heavy (non-hydrogen) atoms. The molecule has 0 radical (unpaired) electrons. The van der Waals surface area contributed by atoms with E-state index in [-0.39, 0.29) is 5.66 Å². The number of nitrogens with zero attached hydrogens (tertiary/aromatic N) is 2. The molecule has 0 bridgehead atoms. The van der Waals surface area contributed by atoms with E-state index >= 15 is 0 Å². The molecule has 1 fully saturated rings. The molecule has 0 aliphatic carbocycles. The van der Waals surface area contributed by atoms with E-state index in [1.165, 1.54) is 0 Å². The maximum Gasteiger partial charge on any atom is 0.193 e. The number of hydrogen-bond donors (Lipinski definition) is 1. The van der Waals surface area contributed by atoms with Gasteiger partial charge >= 0.3 is 0 Å². The average Bonchev–Trinajstić information content (AvgIpc) is 2.49. The van der Waals surface area contributed by atoms with Crippen molar-refractivity contribution in [2.24, 2.45) is 10.2 Å². The maximum absolute atomic E-state index is 4.03. The normalized spacial score (nSPS) is 37.2. The van der Waals surface area contributed by atoms with Crippen LogP contribution in [0.1, 0.15) is 19.8 Å². The highest BCUT2D eigenvalue weighted by Crippen LogP contribution is 2.38. The number of hydrogen-bond acceptors (Lipinski definition) is 3. The van der Waals surface area contributed by atoms with Crippen molar-refractivity contribution >= 4 is 0 Å². The van der Waals surface area contributed by atoms with E-state index in [0.717, 1.165) is 19.4 Å². The van der Waals surface area contributed by atoms with Crippen molar-refractivity contribution in [3.63, 3.8) is 0 Å². The molecule has 2 heterocycles. The molecule has 0 amide bonds. The van der Waals surface area contributed by atoms with Gasteiger partial charge < -0.3 is 5.32 Å². The molecule has 2 aliphatic rings. The van der Waals surface area contributed by atoms with Crippen LogP contribution in [0, 0.1) is 0 Å². The Morgan fingerprint density at radius 1 is 1.56 bits per heavy atom. The van der Waals surface area contributed by atoms with Crippen LogP contribution in [0.15, 0.2) is 10.2 Å². The topological polar surface area (TPSA) is 36.8 Å². The summed E-state index contributed by atoms with van der Waals surface area (Å²) in [6, 6.07) is 0.605. The minimum absolute atomic E-state index is 0.0880. The first kappa shape index (κ1) is 5.35. The molecular weight excluding hydrogens is 114 g/mol. The molecule has 1 atom stereocenters. The van der Waals surface area contributed by atoms with Gasteiger partial charge in [0.2, 0.25) is 0 Å². The van der Waals surface area contributed by atoms with E-state index in [9.17, 15) is 0 Å². The molecule has 2 rings (SSSR count). The van der Waals surface area contributed by atoms with Crippen molar-refractivity contribution in [3.8, 4) is 0 Å². The number of piperidine rings is 1. The first-order chi connectivity index (χ1) is 4.31. The highest BCUT2D eigenvalue weighted by molar-refractivity contribution is 4.99. The van der Waals surface area contributed by atoms with Gasteiger partial charge in [0.25, 0.3) is 0 Å². The Balaban J connectivity index is 1.97. The van der Waals surface area contributed by atoms with Crippen LogP contribution in [-0.4, -0.2) is 18.2 Å². The van der Waals surface area contributed by atoms with Crippen molar-refractivity contribution < 1.29 is 0 Å². The maximum atomic E-state index is 4.03. The van der Waals surface area contributed by atoms with Gasteiger partial charge in [-0.1, -0.05) is 0 Å². The Hall–Kier alpha value is -0.440. The summed E-state index contributed by atoms with van der Waals surface area (Å²) in [4.78, 5) is 0. The van der Waals surface area contributed by atoms with Gasteiger partial charge in [0.05, 0.1) is 0 Å². The lowest BCUT2D eigenvalue weighted by Crippen LogP contribution is -2.39. The van der Waals surface area contributed by atoms with E-state index in [0.29, 0.717) is 6.04 Å². The Morgan fingerprint density at radius 2 is 2.33 bits per heavy atom. The van der Waals surface area contributed by atoms with Gasteiger partial charge in [-0.25, -0.2) is 0 Å². The Labute approximate surface area is 54.5 Å². The first-order valence-electron chi connectivity index (χ1n) is 3.48. The summed E-state index contributed by atoms with van der Waals surface area (Å²) in [5.41, 5.74) is 0.0880. The molecular formula is C6H11N3. The summed E-state index contributed by atoms with van der Waals surface area (Å²) in [6.45, 7) is 3.26. The van der Waals surface area contributed by atoms with E-state index in [1.807, 2.05) is 0 Å². The van der Waals surface area contributed by atoms with Crippen LogP contribution in [0.4, 0.5) is 0 Å². The molecule has 1 saturated heterocycles. The molecule has 0 saturated carbocycles.